The second-order valence-corrected chi connectivity index (χ2v) is 9.51. The Hall–Kier alpha value is -3.42. The van der Waals surface area contributed by atoms with Gasteiger partial charge in [0.2, 0.25) is 0 Å². The molecule has 0 radical (unpaired) electrons. The number of nitrogens with one attached hydrogen (secondary N) is 1. The molecule has 0 spiro atoms. The van der Waals surface area contributed by atoms with Gasteiger partial charge in [-0.05, 0) is 60.9 Å². The molecule has 33 heavy (non-hydrogen) atoms. The van der Waals surface area contributed by atoms with Crippen LogP contribution in [0.15, 0.2) is 59.0 Å². The Bertz CT molecular complexity index is 1050. The molecule has 2 aliphatic carbocycles. The third-order valence-electron chi connectivity index (χ3n) is 7.46. The summed E-state index contributed by atoms with van der Waals surface area (Å²) in [5, 5.41) is 8.27. The van der Waals surface area contributed by atoms with E-state index in [1.165, 1.54) is 6.42 Å². The molecule has 1 aromatic carbocycles. The van der Waals surface area contributed by atoms with E-state index in [0.717, 1.165) is 24.1 Å². The highest BCUT2D eigenvalue weighted by Crippen LogP contribution is 2.63. The quantitative estimate of drug-likeness (QED) is 0.363. The van der Waals surface area contributed by atoms with Gasteiger partial charge in [0.1, 0.15) is 12.4 Å². The number of hydrogen-bond acceptors (Lipinski definition) is 6. The molecule has 2 bridgehead atoms. The van der Waals surface area contributed by atoms with Gasteiger partial charge in [-0.25, -0.2) is 5.43 Å². The molecule has 2 atom stereocenters. The normalized spacial score (nSPS) is 24.6. The third kappa shape index (κ3) is 4.69. The molecule has 4 rings (SSSR count). The van der Waals surface area contributed by atoms with Crippen molar-refractivity contribution in [3.8, 4) is 5.75 Å². The number of aromatic nitrogens is 1. The molecular formula is C25H31N5O3. The lowest BCUT2D eigenvalue weighted by Gasteiger charge is -2.34. The first-order valence-electron chi connectivity index (χ1n) is 11.2. The number of nitrogens with zero attached hydrogens (tertiary/aromatic N) is 3. The summed E-state index contributed by atoms with van der Waals surface area (Å²) in [5.41, 5.74) is 11.6. The van der Waals surface area contributed by atoms with Crippen molar-refractivity contribution in [1.82, 2.24) is 10.4 Å². The smallest absolute Gasteiger partial charge is 0.280 e. The first-order chi connectivity index (χ1) is 15.8. The number of hydrogen-bond donors (Lipinski definition) is 2. The maximum atomic E-state index is 12.1. The number of oxime groups is 1. The van der Waals surface area contributed by atoms with Crippen molar-refractivity contribution in [3.05, 3.63) is 59.9 Å². The highest BCUT2D eigenvalue weighted by atomic mass is 16.6. The number of rotatable bonds is 8. The fourth-order valence-electron chi connectivity index (χ4n) is 4.84. The lowest BCUT2D eigenvalue weighted by atomic mass is 9.70. The van der Waals surface area contributed by atoms with Gasteiger partial charge in [0.15, 0.2) is 12.4 Å². The van der Waals surface area contributed by atoms with Gasteiger partial charge in [0.25, 0.3) is 5.91 Å². The summed E-state index contributed by atoms with van der Waals surface area (Å²) >= 11 is 0. The molecule has 2 saturated carbocycles. The van der Waals surface area contributed by atoms with E-state index < -0.39 is 0 Å². The van der Waals surface area contributed by atoms with E-state index in [-0.39, 0.29) is 29.2 Å². The van der Waals surface area contributed by atoms with Crippen LogP contribution in [0.3, 0.4) is 0 Å². The molecule has 0 aliphatic heterocycles. The molecular weight excluding hydrogens is 418 g/mol. The monoisotopic (exact) mass is 449 g/mol. The summed E-state index contributed by atoms with van der Waals surface area (Å²) in [6, 6.07) is 11.0. The van der Waals surface area contributed by atoms with E-state index in [2.05, 4.69) is 41.4 Å². The van der Waals surface area contributed by atoms with Gasteiger partial charge in [-0.1, -0.05) is 32.0 Å². The van der Waals surface area contributed by atoms with Crippen LogP contribution in [0, 0.1) is 16.7 Å². The van der Waals surface area contributed by atoms with E-state index in [1.54, 1.807) is 36.7 Å². The average molecular weight is 450 g/mol. The van der Waals surface area contributed by atoms with Crippen LogP contribution in [0.25, 0.3) is 0 Å². The molecule has 2 aliphatic rings. The van der Waals surface area contributed by atoms with Crippen LogP contribution >= 0.6 is 0 Å². The number of pyridine rings is 1. The van der Waals surface area contributed by atoms with Gasteiger partial charge in [-0.15, -0.1) is 0 Å². The number of amidine groups is 1. The number of fused-ring (bicyclic) bond motifs is 2. The van der Waals surface area contributed by atoms with E-state index in [4.69, 9.17) is 15.3 Å². The molecule has 3 N–H and O–H groups in total. The first-order valence-corrected chi connectivity index (χ1v) is 11.2. The van der Waals surface area contributed by atoms with Crippen LogP contribution in [-0.2, 0) is 16.2 Å². The minimum absolute atomic E-state index is 0.0439. The summed E-state index contributed by atoms with van der Waals surface area (Å²) in [5.74, 6) is 1.15. The van der Waals surface area contributed by atoms with Crippen LogP contribution in [-0.4, -0.2) is 29.0 Å². The molecule has 174 valence electrons. The Morgan fingerprint density at radius 2 is 2.03 bits per heavy atom. The van der Waals surface area contributed by atoms with Gasteiger partial charge in [-0.2, -0.15) is 5.10 Å². The van der Waals surface area contributed by atoms with Crippen LogP contribution in [0.4, 0.5) is 0 Å². The Morgan fingerprint density at radius 1 is 1.24 bits per heavy atom. The van der Waals surface area contributed by atoms with Crippen molar-refractivity contribution in [2.75, 3.05) is 6.61 Å². The Morgan fingerprint density at radius 3 is 2.67 bits per heavy atom. The molecule has 2 aromatic rings. The molecule has 2 fully saturated rings. The maximum absolute atomic E-state index is 12.1. The Kier molecular flexibility index (Phi) is 6.35. The van der Waals surface area contributed by atoms with E-state index >= 15 is 0 Å². The van der Waals surface area contributed by atoms with E-state index in [9.17, 15) is 4.79 Å². The number of ether oxygens (including phenoxy) is 1. The zero-order valence-electron chi connectivity index (χ0n) is 19.4. The number of nitrogens with two attached hydrogens (primary N) is 1. The second-order valence-electron chi connectivity index (χ2n) is 9.51. The van der Waals surface area contributed by atoms with Crippen LogP contribution < -0.4 is 15.9 Å². The number of benzene rings is 1. The topological polar surface area (TPSA) is 111 Å². The largest absolute Gasteiger partial charge is 0.489 e. The molecule has 2 unspecified atom stereocenters. The highest BCUT2D eigenvalue weighted by molar-refractivity contribution is 5.97. The van der Waals surface area contributed by atoms with Crippen molar-refractivity contribution in [1.29, 1.82) is 0 Å². The van der Waals surface area contributed by atoms with Gasteiger partial charge in [0.05, 0.1) is 0 Å². The molecule has 0 saturated heterocycles. The predicted molar refractivity (Wildman–Crippen MR) is 126 cm³/mol. The fourth-order valence-corrected chi connectivity index (χ4v) is 4.84. The summed E-state index contributed by atoms with van der Waals surface area (Å²) in [6.45, 7) is 7.02. The first kappa shape index (κ1) is 22.8. The number of carbonyl (C=O) groups is 1. The molecule has 1 heterocycles. The summed E-state index contributed by atoms with van der Waals surface area (Å²) in [6.07, 6.45) is 6.77. The molecule has 1 aromatic heterocycles. The van der Waals surface area contributed by atoms with E-state index in [0.29, 0.717) is 23.8 Å². The summed E-state index contributed by atoms with van der Waals surface area (Å²) in [4.78, 5) is 21.3. The minimum atomic E-state index is -0.359. The standard InChI is InChI=1S/C25H31N5O3/c1-24(2)19-10-11-25(24,3)21(13-19)28-29-22(31)16-33-30-23(26)18-6-8-20(9-7-18)32-15-17-5-4-12-27-14-17/h4-9,12,14,19H,10-11,13,15-16H2,1-3H3,(H2,26,30)(H,29,31)/b28-21-. The lowest BCUT2D eigenvalue weighted by molar-refractivity contribution is -0.125. The fraction of sp³-hybridized carbons (Fsp3) is 0.440. The number of hydrazone groups is 1. The minimum Gasteiger partial charge on any atom is -0.489 e. The summed E-state index contributed by atoms with van der Waals surface area (Å²) < 4.78 is 5.73. The van der Waals surface area contributed by atoms with Crippen molar-refractivity contribution >= 4 is 17.5 Å². The van der Waals surface area contributed by atoms with Crippen LogP contribution in [0.2, 0.25) is 0 Å². The maximum Gasteiger partial charge on any atom is 0.280 e. The summed E-state index contributed by atoms with van der Waals surface area (Å²) in [7, 11) is 0. The molecule has 8 nitrogen and oxygen atoms in total. The Labute approximate surface area is 194 Å². The van der Waals surface area contributed by atoms with Crippen LogP contribution in [0.1, 0.15) is 51.2 Å². The average Bonchev–Trinajstić information content (AvgIpc) is 3.16. The van der Waals surface area contributed by atoms with E-state index in [1.807, 2.05) is 12.1 Å². The van der Waals surface area contributed by atoms with Crippen LogP contribution in [0.5, 0.6) is 5.75 Å². The molecule has 1 amide bonds. The highest BCUT2D eigenvalue weighted by Gasteiger charge is 2.60. The number of amides is 1. The van der Waals surface area contributed by atoms with Gasteiger partial charge >= 0.3 is 0 Å². The predicted octanol–water partition coefficient (Wildman–Crippen LogP) is 3.62. The molecule has 8 heteroatoms. The van der Waals surface area contributed by atoms with Crippen molar-refractivity contribution in [3.63, 3.8) is 0 Å². The van der Waals surface area contributed by atoms with Gasteiger partial charge in [-0.3, -0.25) is 9.78 Å². The zero-order chi connectivity index (χ0) is 23.5. The lowest BCUT2D eigenvalue weighted by Crippen LogP contribution is -2.34. The van der Waals surface area contributed by atoms with Crippen molar-refractivity contribution < 1.29 is 14.4 Å². The van der Waals surface area contributed by atoms with Crippen molar-refractivity contribution in [2.24, 2.45) is 32.7 Å². The zero-order valence-corrected chi connectivity index (χ0v) is 19.4. The van der Waals surface area contributed by atoms with Gasteiger partial charge in [0, 0.05) is 34.6 Å². The second kappa shape index (κ2) is 9.21. The Balaban J connectivity index is 1.24. The SMILES string of the molecule is CC12CCC(C/C1=N/NC(=O)CO/N=C(/N)c1ccc(OCc3cccnc3)cc1)C2(C)C. The van der Waals surface area contributed by atoms with Crippen molar-refractivity contribution in [2.45, 2.75) is 46.6 Å². The third-order valence-corrected chi connectivity index (χ3v) is 7.46. The van der Waals surface area contributed by atoms with Gasteiger partial charge < -0.3 is 15.3 Å². The number of carbonyl (C=O) groups excluding carboxylic acids is 1.